The third-order valence-corrected chi connectivity index (χ3v) is 14.8. The number of aromatic nitrogens is 4. The Bertz CT molecular complexity index is 2960. The minimum atomic E-state index is -1.23. The molecule has 2 spiro atoms. The van der Waals surface area contributed by atoms with Crippen LogP contribution in [0.5, 0.6) is 11.8 Å². The standard InChI is InChI=1S/C27H29N3O4.C20H18N2O4.C7H13NO.H2O/c1-2-29-16-22(26(32)30-10-9-27(17-30)8-5-11-33-27)25(31)21-14-24(28-15-23(21)29)34-20-12-18-6-3-4-7-19(18)13-20;1-2-22-11-16(20(24)25)19(23)15-9-18(21-10-17(15)22)26-14-7-12-5-3-4-6-13(12)8-14;1-2-7(9-5-1)3-4-8-6-7;/h3-4,6-7,14-16,20H,2,5,8-13,17H2,1H3;3-6,9-11,14H,2,7-8H2,1H3,(H,24,25);8H,1-6H2;1H2. The summed E-state index contributed by atoms with van der Waals surface area (Å²) in [5, 5.41) is 13.4. The van der Waals surface area contributed by atoms with E-state index in [-0.39, 0.29) is 51.3 Å². The van der Waals surface area contributed by atoms with E-state index in [4.69, 9.17) is 18.9 Å². The van der Waals surface area contributed by atoms with Crippen molar-refractivity contribution in [3.05, 3.63) is 139 Å². The van der Waals surface area contributed by atoms with Crippen molar-refractivity contribution in [3.63, 3.8) is 0 Å². The van der Waals surface area contributed by atoms with Crippen LogP contribution in [0.25, 0.3) is 21.8 Å². The zero-order valence-electron chi connectivity index (χ0n) is 39.9. The van der Waals surface area contributed by atoms with Crippen LogP contribution in [0, 0.1) is 0 Å². The van der Waals surface area contributed by atoms with E-state index in [9.17, 15) is 24.3 Å². The largest absolute Gasteiger partial charge is 0.477 e. The number of fused-ring (bicyclic) bond motifs is 4. The van der Waals surface area contributed by atoms with Crippen LogP contribution in [0.3, 0.4) is 0 Å². The highest BCUT2D eigenvalue weighted by Crippen LogP contribution is 2.36. The van der Waals surface area contributed by atoms with Crippen LogP contribution >= 0.6 is 0 Å². The number of hydrogen-bond acceptors (Lipinski definition) is 11. The summed E-state index contributed by atoms with van der Waals surface area (Å²) in [5.74, 6) is -0.677. The first kappa shape index (κ1) is 48.6. The number of nitrogens with one attached hydrogen (secondary N) is 1. The Morgan fingerprint density at radius 3 is 1.64 bits per heavy atom. The summed E-state index contributed by atoms with van der Waals surface area (Å²) >= 11 is 0. The first-order valence-electron chi connectivity index (χ1n) is 24.6. The van der Waals surface area contributed by atoms with E-state index in [1.54, 1.807) is 40.2 Å². The minimum Gasteiger partial charge on any atom is -0.477 e. The molecule has 8 heterocycles. The van der Waals surface area contributed by atoms with E-state index in [0.717, 1.165) is 71.2 Å². The topological polar surface area (TPSA) is 208 Å². The third-order valence-electron chi connectivity index (χ3n) is 14.8. The highest BCUT2D eigenvalue weighted by molar-refractivity contribution is 5.97. The molecule has 2 unspecified atom stereocenters. The van der Waals surface area contributed by atoms with Gasteiger partial charge in [0.1, 0.15) is 23.3 Å². The number of ether oxygens (including phenoxy) is 4. The molecule has 0 saturated carbocycles. The lowest BCUT2D eigenvalue weighted by Gasteiger charge is -2.23. The van der Waals surface area contributed by atoms with Crippen molar-refractivity contribution in [2.45, 2.75) is 115 Å². The number of hydrogen-bond donors (Lipinski definition) is 2. The van der Waals surface area contributed by atoms with Crippen LogP contribution in [0.4, 0.5) is 0 Å². The van der Waals surface area contributed by atoms with Gasteiger partial charge in [-0.1, -0.05) is 48.5 Å². The molecule has 6 aliphatic rings. The fourth-order valence-corrected chi connectivity index (χ4v) is 11.1. The zero-order valence-corrected chi connectivity index (χ0v) is 39.9. The van der Waals surface area contributed by atoms with Gasteiger partial charge in [-0.3, -0.25) is 14.4 Å². The molecule has 70 heavy (non-hydrogen) atoms. The van der Waals surface area contributed by atoms with Crippen molar-refractivity contribution >= 4 is 33.7 Å². The SMILES string of the molecule is C1COC2(C1)CCNC2.CCn1cc(C(=O)N2CCC3(CCCO3)C2)c(=O)c2cc(OC3Cc4ccccc4C3)ncc21.CCn1cc(C(=O)O)c(=O)c2cc(OC3Cc4ccccc4C3)ncc21.O. The number of aryl methyl sites for hydroxylation is 2. The van der Waals surface area contributed by atoms with E-state index < -0.39 is 11.4 Å². The van der Waals surface area contributed by atoms with Crippen LogP contribution < -0.4 is 25.6 Å². The normalized spacial score (nSPS) is 21.3. The monoisotopic (exact) mass is 954 g/mol. The second kappa shape index (κ2) is 20.5. The molecule has 2 aliphatic carbocycles. The van der Waals surface area contributed by atoms with Gasteiger partial charge in [0.05, 0.1) is 51.9 Å². The molecule has 368 valence electrons. The molecule has 4 fully saturated rings. The summed E-state index contributed by atoms with van der Waals surface area (Å²) in [6.07, 6.45) is 16.1. The first-order chi connectivity index (χ1) is 33.5. The van der Waals surface area contributed by atoms with Crippen LogP contribution in [0.2, 0.25) is 0 Å². The molecule has 16 nitrogen and oxygen atoms in total. The van der Waals surface area contributed by atoms with Gasteiger partial charge in [0.2, 0.25) is 22.6 Å². The summed E-state index contributed by atoms with van der Waals surface area (Å²) < 4.78 is 27.4. The number of carboxylic acids is 1. The Morgan fingerprint density at radius 2 is 1.20 bits per heavy atom. The predicted octanol–water partition coefficient (Wildman–Crippen LogP) is 5.72. The number of pyridine rings is 4. The molecular formula is C54H62N6O10. The molecule has 1 amide bonds. The number of amides is 1. The van der Waals surface area contributed by atoms with Crippen molar-refractivity contribution in [2.24, 2.45) is 0 Å². The Morgan fingerprint density at radius 1 is 0.714 bits per heavy atom. The second-order valence-electron chi connectivity index (χ2n) is 19.2. The van der Waals surface area contributed by atoms with E-state index in [1.807, 2.05) is 42.7 Å². The van der Waals surface area contributed by atoms with E-state index >= 15 is 0 Å². The summed E-state index contributed by atoms with van der Waals surface area (Å²) in [4.78, 5) is 61.4. The van der Waals surface area contributed by atoms with E-state index in [1.165, 1.54) is 47.7 Å². The first-order valence-corrected chi connectivity index (χ1v) is 24.6. The van der Waals surface area contributed by atoms with Gasteiger partial charge < -0.3 is 48.9 Å². The quantitative estimate of drug-likeness (QED) is 0.188. The van der Waals surface area contributed by atoms with Crippen LogP contribution in [0.15, 0.2) is 95.0 Å². The van der Waals surface area contributed by atoms with Gasteiger partial charge in [0.25, 0.3) is 5.91 Å². The summed E-state index contributed by atoms with van der Waals surface area (Å²) in [7, 11) is 0. The number of likely N-dealkylation sites (tertiary alicyclic amines) is 1. The molecule has 16 heteroatoms. The zero-order chi connectivity index (χ0) is 47.7. The fourth-order valence-electron chi connectivity index (χ4n) is 11.1. The van der Waals surface area contributed by atoms with Gasteiger partial charge in [-0.2, -0.15) is 0 Å². The Labute approximate surface area is 405 Å². The highest BCUT2D eigenvalue weighted by atomic mass is 16.5. The minimum absolute atomic E-state index is 0. The molecule has 12 rings (SSSR count). The smallest absolute Gasteiger partial charge is 0.341 e. The van der Waals surface area contributed by atoms with Gasteiger partial charge >= 0.3 is 5.97 Å². The molecule has 4 saturated heterocycles. The third kappa shape index (κ3) is 9.82. The number of rotatable bonds is 8. The van der Waals surface area contributed by atoms with Crippen molar-refractivity contribution in [1.82, 2.24) is 29.3 Å². The lowest BCUT2D eigenvalue weighted by atomic mass is 10.00. The molecule has 4 aromatic heterocycles. The number of carboxylic acid groups (broad SMARTS) is 1. The van der Waals surface area contributed by atoms with Crippen LogP contribution in [0.1, 0.15) is 95.3 Å². The van der Waals surface area contributed by atoms with Crippen molar-refractivity contribution in [1.29, 1.82) is 0 Å². The average Bonchev–Trinajstić information content (AvgIpc) is 4.25. The van der Waals surface area contributed by atoms with Gasteiger partial charge in [-0.05, 0) is 81.2 Å². The van der Waals surface area contributed by atoms with E-state index in [2.05, 4.69) is 39.6 Å². The molecular weight excluding hydrogens is 893 g/mol. The number of carbonyl (C=O) groups is 2. The lowest BCUT2D eigenvalue weighted by molar-refractivity contribution is 0.0126. The maximum absolute atomic E-state index is 13.5. The lowest BCUT2D eigenvalue weighted by Crippen LogP contribution is -2.37. The second-order valence-corrected chi connectivity index (χ2v) is 19.2. The molecule has 6 aromatic rings. The summed E-state index contributed by atoms with van der Waals surface area (Å²) in [6.45, 7) is 10.2. The maximum Gasteiger partial charge on any atom is 0.341 e. The molecule has 4 aliphatic heterocycles. The number of benzene rings is 2. The molecule has 0 bridgehead atoms. The van der Waals surface area contributed by atoms with Crippen LogP contribution in [-0.4, -0.2) is 109 Å². The number of aromatic carboxylic acids is 1. The van der Waals surface area contributed by atoms with Gasteiger partial charge in [0, 0.05) is 89.6 Å². The van der Waals surface area contributed by atoms with Gasteiger partial charge in [-0.15, -0.1) is 0 Å². The van der Waals surface area contributed by atoms with Crippen molar-refractivity contribution in [3.8, 4) is 11.8 Å². The van der Waals surface area contributed by atoms with Crippen molar-refractivity contribution < 1.29 is 39.1 Å². The highest BCUT2D eigenvalue weighted by Gasteiger charge is 2.44. The van der Waals surface area contributed by atoms with Crippen LogP contribution in [-0.2, 0) is 48.2 Å². The molecule has 2 atom stereocenters. The Balaban J connectivity index is 0.000000149. The number of carbonyl (C=O) groups excluding carboxylic acids is 1. The summed E-state index contributed by atoms with van der Waals surface area (Å²) in [5.41, 5.74) is 5.67. The van der Waals surface area contributed by atoms with Gasteiger partial charge in [0.15, 0.2) is 0 Å². The summed E-state index contributed by atoms with van der Waals surface area (Å²) in [6, 6.07) is 19.8. The van der Waals surface area contributed by atoms with E-state index in [0.29, 0.717) is 59.7 Å². The molecule has 2 aromatic carbocycles. The number of nitrogens with zero attached hydrogens (tertiary/aromatic N) is 5. The maximum atomic E-state index is 13.5. The van der Waals surface area contributed by atoms with Gasteiger partial charge in [-0.25, -0.2) is 14.8 Å². The predicted molar refractivity (Wildman–Crippen MR) is 264 cm³/mol. The fraction of sp³-hybridized carbons (Fsp3) is 0.444. The average molecular weight is 955 g/mol. The van der Waals surface area contributed by atoms with Crippen molar-refractivity contribution in [2.75, 3.05) is 39.4 Å². The Hall–Kier alpha value is -6.46. The molecule has 4 N–H and O–H groups in total. The molecule has 0 radical (unpaired) electrons. The Kier molecular flexibility index (Phi) is 14.2.